The van der Waals surface area contributed by atoms with Gasteiger partial charge in [0, 0.05) is 12.6 Å². The van der Waals surface area contributed by atoms with E-state index < -0.39 is 9.84 Å². The van der Waals surface area contributed by atoms with E-state index in [0.29, 0.717) is 19.3 Å². The Morgan fingerprint density at radius 3 is 2.29 bits per heavy atom. The molecule has 1 rings (SSSR count). The van der Waals surface area contributed by atoms with Crippen molar-refractivity contribution in [3.63, 3.8) is 0 Å². The Kier molecular flexibility index (Phi) is 3.55. The van der Waals surface area contributed by atoms with Crippen molar-refractivity contribution >= 4 is 9.84 Å². The molecule has 0 radical (unpaired) electrons. The maximum Gasteiger partial charge on any atom is 0.150 e. The van der Waals surface area contributed by atoms with Crippen molar-refractivity contribution in [2.45, 2.75) is 32.2 Å². The molecule has 0 saturated carbocycles. The number of aliphatic hydroxyl groups is 1. The van der Waals surface area contributed by atoms with Gasteiger partial charge in [-0.25, -0.2) is 8.42 Å². The molecule has 0 spiro atoms. The van der Waals surface area contributed by atoms with E-state index >= 15 is 0 Å². The fourth-order valence-corrected chi connectivity index (χ4v) is 3.74. The molecule has 84 valence electrons. The largest absolute Gasteiger partial charge is 0.396 e. The average molecular weight is 221 g/mol. The van der Waals surface area contributed by atoms with Crippen LogP contribution in [0.5, 0.6) is 0 Å². The van der Waals surface area contributed by atoms with Gasteiger partial charge in [0.1, 0.15) is 9.84 Å². The minimum atomic E-state index is -2.84. The van der Waals surface area contributed by atoms with Crippen LogP contribution in [-0.2, 0) is 9.84 Å². The fraction of sp³-hybridized carbons (Fsp3) is 1.00. The predicted molar refractivity (Wildman–Crippen MR) is 55.7 cm³/mol. The van der Waals surface area contributed by atoms with Crippen molar-refractivity contribution in [1.82, 2.24) is 0 Å². The molecule has 1 aliphatic heterocycles. The first kappa shape index (κ1) is 11.9. The smallest absolute Gasteiger partial charge is 0.150 e. The minimum Gasteiger partial charge on any atom is -0.396 e. The maximum atomic E-state index is 11.3. The number of aliphatic hydroxyl groups excluding tert-OH is 1. The number of rotatable bonds is 3. The highest BCUT2D eigenvalue weighted by atomic mass is 32.2. The standard InChI is InChI=1S/C9H19NO3S/c1-8(10)9(2-5-11)3-6-14(12,13)7-4-9/h8,11H,2-7,10H2,1H3. The minimum absolute atomic E-state index is 0.0508. The van der Waals surface area contributed by atoms with Crippen LogP contribution in [0.15, 0.2) is 0 Å². The molecule has 1 unspecified atom stereocenters. The quantitative estimate of drug-likeness (QED) is 0.698. The molecule has 0 aromatic rings. The van der Waals surface area contributed by atoms with Crippen LogP contribution in [0.25, 0.3) is 0 Å². The highest BCUT2D eigenvalue weighted by Crippen LogP contribution is 2.38. The van der Waals surface area contributed by atoms with Gasteiger partial charge in [-0.05, 0) is 31.6 Å². The lowest BCUT2D eigenvalue weighted by molar-refractivity contribution is 0.139. The second-order valence-corrected chi connectivity index (χ2v) is 6.58. The molecule has 1 heterocycles. The third kappa shape index (κ3) is 2.46. The van der Waals surface area contributed by atoms with Crippen molar-refractivity contribution in [1.29, 1.82) is 0 Å². The van der Waals surface area contributed by atoms with Crippen LogP contribution >= 0.6 is 0 Å². The first-order valence-corrected chi connectivity index (χ1v) is 6.81. The van der Waals surface area contributed by atoms with E-state index in [-0.39, 0.29) is 29.6 Å². The lowest BCUT2D eigenvalue weighted by Crippen LogP contribution is -2.46. The van der Waals surface area contributed by atoms with E-state index in [4.69, 9.17) is 10.8 Å². The second kappa shape index (κ2) is 4.16. The van der Waals surface area contributed by atoms with Crippen molar-refractivity contribution in [2.75, 3.05) is 18.1 Å². The van der Waals surface area contributed by atoms with Crippen molar-refractivity contribution in [2.24, 2.45) is 11.1 Å². The van der Waals surface area contributed by atoms with Gasteiger partial charge in [-0.3, -0.25) is 0 Å². The molecule has 14 heavy (non-hydrogen) atoms. The zero-order valence-corrected chi connectivity index (χ0v) is 9.39. The van der Waals surface area contributed by atoms with Gasteiger partial charge in [-0.2, -0.15) is 0 Å². The number of sulfone groups is 1. The van der Waals surface area contributed by atoms with Crippen LogP contribution in [-0.4, -0.2) is 37.7 Å². The third-order valence-electron chi connectivity index (χ3n) is 3.40. The molecule has 3 N–H and O–H groups in total. The summed E-state index contributed by atoms with van der Waals surface area (Å²) in [7, 11) is -2.84. The summed E-state index contributed by atoms with van der Waals surface area (Å²) < 4.78 is 22.5. The Morgan fingerprint density at radius 1 is 1.43 bits per heavy atom. The third-order valence-corrected chi connectivity index (χ3v) is 5.05. The van der Waals surface area contributed by atoms with E-state index in [2.05, 4.69) is 0 Å². The van der Waals surface area contributed by atoms with Crippen molar-refractivity contribution in [3.05, 3.63) is 0 Å². The molecule has 1 aliphatic rings. The van der Waals surface area contributed by atoms with Crippen LogP contribution in [0.2, 0.25) is 0 Å². The summed E-state index contributed by atoms with van der Waals surface area (Å²) in [5, 5.41) is 8.96. The Hall–Kier alpha value is -0.130. The highest BCUT2D eigenvalue weighted by molar-refractivity contribution is 7.91. The van der Waals surface area contributed by atoms with E-state index in [9.17, 15) is 8.42 Å². The number of hydrogen-bond donors (Lipinski definition) is 2. The van der Waals surface area contributed by atoms with Gasteiger partial charge in [0.05, 0.1) is 11.5 Å². The summed E-state index contributed by atoms with van der Waals surface area (Å²) in [6.45, 7) is 1.98. The molecule has 0 aliphatic carbocycles. The summed E-state index contributed by atoms with van der Waals surface area (Å²) in [6, 6.07) is -0.0508. The van der Waals surface area contributed by atoms with Crippen LogP contribution < -0.4 is 5.73 Å². The van der Waals surface area contributed by atoms with Gasteiger partial charge >= 0.3 is 0 Å². The lowest BCUT2D eigenvalue weighted by Gasteiger charge is -2.40. The summed E-state index contributed by atoms with van der Waals surface area (Å²) in [6.07, 6.45) is 1.79. The van der Waals surface area contributed by atoms with Gasteiger partial charge in [0.15, 0.2) is 0 Å². The summed E-state index contributed by atoms with van der Waals surface area (Å²) in [5.74, 6) is 0.434. The normalized spacial score (nSPS) is 27.1. The van der Waals surface area contributed by atoms with Crippen molar-refractivity contribution in [3.8, 4) is 0 Å². The van der Waals surface area contributed by atoms with Crippen LogP contribution in [0.1, 0.15) is 26.2 Å². The lowest BCUT2D eigenvalue weighted by atomic mass is 9.74. The monoisotopic (exact) mass is 221 g/mol. The van der Waals surface area contributed by atoms with E-state index in [0.717, 1.165) is 0 Å². The molecule has 0 aromatic carbocycles. The molecule has 0 bridgehead atoms. The van der Waals surface area contributed by atoms with E-state index in [1.165, 1.54) is 0 Å². The van der Waals surface area contributed by atoms with Crippen molar-refractivity contribution < 1.29 is 13.5 Å². The molecule has 5 heteroatoms. The van der Waals surface area contributed by atoms with Gasteiger partial charge in [0.25, 0.3) is 0 Å². The zero-order valence-electron chi connectivity index (χ0n) is 8.57. The summed E-state index contributed by atoms with van der Waals surface area (Å²) in [5.41, 5.74) is 5.70. The van der Waals surface area contributed by atoms with Gasteiger partial charge in [0.2, 0.25) is 0 Å². The molecule has 1 fully saturated rings. The summed E-state index contributed by atoms with van der Waals surface area (Å²) >= 11 is 0. The predicted octanol–water partition coefficient (Wildman–Crippen LogP) is -0.0890. The van der Waals surface area contributed by atoms with Gasteiger partial charge in [-0.15, -0.1) is 0 Å². The SMILES string of the molecule is CC(N)C1(CCO)CCS(=O)(=O)CC1. The van der Waals surface area contributed by atoms with Gasteiger partial charge < -0.3 is 10.8 Å². The molecule has 1 saturated heterocycles. The van der Waals surface area contributed by atoms with E-state index in [1.807, 2.05) is 6.92 Å². The molecule has 1 atom stereocenters. The topological polar surface area (TPSA) is 80.4 Å². The molecule has 0 amide bonds. The second-order valence-electron chi connectivity index (χ2n) is 4.28. The van der Waals surface area contributed by atoms with E-state index in [1.54, 1.807) is 0 Å². The van der Waals surface area contributed by atoms with Crippen LogP contribution in [0.4, 0.5) is 0 Å². The highest BCUT2D eigenvalue weighted by Gasteiger charge is 2.39. The first-order valence-electron chi connectivity index (χ1n) is 4.99. The fourth-order valence-electron chi connectivity index (χ4n) is 2.10. The Bertz CT molecular complexity index is 270. The zero-order chi connectivity index (χ0) is 10.8. The van der Waals surface area contributed by atoms with Crippen LogP contribution in [0, 0.1) is 5.41 Å². The van der Waals surface area contributed by atoms with Crippen LogP contribution in [0.3, 0.4) is 0 Å². The summed E-state index contributed by atoms with van der Waals surface area (Å²) in [4.78, 5) is 0. The maximum absolute atomic E-state index is 11.3. The Balaban J connectivity index is 2.74. The molecule has 0 aromatic heterocycles. The number of nitrogens with two attached hydrogens (primary N) is 1. The molecular weight excluding hydrogens is 202 g/mol. The Morgan fingerprint density at radius 2 is 1.93 bits per heavy atom. The number of hydrogen-bond acceptors (Lipinski definition) is 4. The van der Waals surface area contributed by atoms with Gasteiger partial charge in [-0.1, -0.05) is 0 Å². The average Bonchev–Trinajstić information content (AvgIpc) is 2.09. The molecular formula is C9H19NO3S. The molecule has 4 nitrogen and oxygen atoms in total. The first-order chi connectivity index (χ1) is 6.42. The Labute approximate surface area is 85.4 Å².